The van der Waals surface area contributed by atoms with E-state index in [1.807, 2.05) is 30.1 Å². The largest absolute Gasteiger partial charge is 0.369 e. The topological polar surface area (TPSA) is 76.1 Å². The molecular formula is C30H37N7O. The lowest BCUT2D eigenvalue weighted by Crippen LogP contribution is -2.43. The highest BCUT2D eigenvalue weighted by molar-refractivity contribution is 6.31. The number of amidine groups is 1. The van der Waals surface area contributed by atoms with Gasteiger partial charge in [-0.2, -0.15) is 0 Å². The Morgan fingerprint density at radius 1 is 1.21 bits per heavy atom. The number of amides is 1. The van der Waals surface area contributed by atoms with Gasteiger partial charge in [0.25, 0.3) is 5.91 Å². The van der Waals surface area contributed by atoms with Gasteiger partial charge in [0.1, 0.15) is 5.82 Å². The Bertz CT molecular complexity index is 1270. The first-order valence-electron chi connectivity index (χ1n) is 13.5. The normalized spacial score (nSPS) is 21.4. The van der Waals surface area contributed by atoms with Crippen molar-refractivity contribution in [3.8, 4) is 0 Å². The minimum atomic E-state index is -0.131. The Morgan fingerprint density at radius 3 is 2.66 bits per heavy atom. The number of aromatic nitrogens is 1. The van der Waals surface area contributed by atoms with Crippen LogP contribution >= 0.6 is 0 Å². The van der Waals surface area contributed by atoms with E-state index in [-0.39, 0.29) is 5.91 Å². The molecular weight excluding hydrogens is 474 g/mol. The zero-order valence-corrected chi connectivity index (χ0v) is 22.4. The summed E-state index contributed by atoms with van der Waals surface area (Å²) >= 11 is 0. The number of hydrogen-bond acceptors (Lipinski definition) is 6. The van der Waals surface area contributed by atoms with E-state index in [0.717, 1.165) is 56.8 Å². The van der Waals surface area contributed by atoms with Crippen LogP contribution in [0.3, 0.4) is 0 Å². The Morgan fingerprint density at radius 2 is 1.97 bits per heavy atom. The molecule has 2 saturated heterocycles. The fourth-order valence-electron chi connectivity index (χ4n) is 5.47. The van der Waals surface area contributed by atoms with Crippen LogP contribution in [-0.4, -0.2) is 54.5 Å². The molecule has 0 saturated carbocycles. The molecule has 5 rings (SSSR count). The van der Waals surface area contributed by atoms with Gasteiger partial charge in [-0.1, -0.05) is 31.7 Å². The number of hydrogen-bond donors (Lipinski definition) is 2. The van der Waals surface area contributed by atoms with E-state index in [2.05, 4.69) is 53.8 Å². The van der Waals surface area contributed by atoms with E-state index in [9.17, 15) is 4.79 Å². The van der Waals surface area contributed by atoms with Gasteiger partial charge in [0.15, 0.2) is 11.7 Å². The van der Waals surface area contributed by atoms with Crippen LogP contribution in [0.15, 0.2) is 78.1 Å². The number of nitrogens with one attached hydrogen (secondary N) is 2. The minimum absolute atomic E-state index is 0.131. The lowest BCUT2D eigenvalue weighted by atomic mass is 10.0. The first-order chi connectivity index (χ1) is 18.5. The van der Waals surface area contributed by atoms with Crippen molar-refractivity contribution >= 4 is 28.9 Å². The molecule has 198 valence electrons. The summed E-state index contributed by atoms with van der Waals surface area (Å²) in [5.74, 6) is 1.95. The number of piperazine rings is 1. The van der Waals surface area contributed by atoms with Crippen molar-refractivity contribution in [3.05, 3.63) is 84.4 Å². The molecule has 1 aromatic carbocycles. The van der Waals surface area contributed by atoms with Crippen LogP contribution in [0.1, 0.15) is 43.9 Å². The molecule has 38 heavy (non-hydrogen) atoms. The van der Waals surface area contributed by atoms with Crippen molar-refractivity contribution in [2.75, 3.05) is 47.9 Å². The lowest BCUT2D eigenvalue weighted by molar-refractivity contribution is -0.124. The molecule has 1 aliphatic carbocycles. The highest BCUT2D eigenvalue weighted by Crippen LogP contribution is 2.37. The number of rotatable bonds is 8. The number of fused-ring (bicyclic) bond motifs is 1. The second kappa shape index (κ2) is 11.2. The van der Waals surface area contributed by atoms with Crippen molar-refractivity contribution < 1.29 is 4.79 Å². The molecule has 0 bridgehead atoms. The molecule has 1 aromatic heterocycles. The number of aryl methyl sites for hydroxylation is 1. The Hall–Kier alpha value is -3.91. The van der Waals surface area contributed by atoms with Crippen LogP contribution in [-0.2, 0) is 11.2 Å². The van der Waals surface area contributed by atoms with Gasteiger partial charge < -0.3 is 15.5 Å². The van der Waals surface area contributed by atoms with Gasteiger partial charge in [0.2, 0.25) is 0 Å². The second-order valence-corrected chi connectivity index (χ2v) is 9.84. The van der Waals surface area contributed by atoms with Crippen LogP contribution in [0.25, 0.3) is 0 Å². The van der Waals surface area contributed by atoms with Gasteiger partial charge >= 0.3 is 0 Å². The van der Waals surface area contributed by atoms with Crippen molar-refractivity contribution in [1.82, 2.24) is 15.3 Å². The number of aliphatic imine (C=N–C) groups is 1. The monoisotopic (exact) mass is 511 g/mol. The fourth-order valence-corrected chi connectivity index (χ4v) is 5.47. The summed E-state index contributed by atoms with van der Waals surface area (Å²) in [6.45, 7) is 16.4. The van der Waals surface area contributed by atoms with Gasteiger partial charge in [0, 0.05) is 49.2 Å². The van der Waals surface area contributed by atoms with Gasteiger partial charge in [-0.25, -0.2) is 20.0 Å². The SMILES string of the molecule is C=CCN1C(=O)C(=C/C)/C(=N\C(=C)Nc2ccc(N3CCNCC3)cc2)N1c1ccc2c(n1)C(CC)CC2. The predicted molar refractivity (Wildman–Crippen MR) is 155 cm³/mol. The minimum Gasteiger partial charge on any atom is -0.369 e. The van der Waals surface area contributed by atoms with Crippen molar-refractivity contribution in [1.29, 1.82) is 0 Å². The predicted octanol–water partition coefficient (Wildman–Crippen LogP) is 4.61. The smallest absolute Gasteiger partial charge is 0.276 e. The van der Waals surface area contributed by atoms with E-state index in [1.54, 1.807) is 17.2 Å². The molecule has 2 N–H and O–H groups in total. The first kappa shape index (κ1) is 25.7. The summed E-state index contributed by atoms with van der Waals surface area (Å²) in [6, 6.07) is 12.4. The maximum Gasteiger partial charge on any atom is 0.276 e. The van der Waals surface area contributed by atoms with Crippen LogP contribution in [0.4, 0.5) is 17.2 Å². The summed E-state index contributed by atoms with van der Waals surface area (Å²) in [5, 5.41) is 10.1. The summed E-state index contributed by atoms with van der Waals surface area (Å²) in [6.07, 6.45) is 6.73. The first-order valence-corrected chi connectivity index (χ1v) is 13.5. The molecule has 1 unspecified atom stereocenters. The lowest BCUT2D eigenvalue weighted by Gasteiger charge is -2.29. The molecule has 8 nitrogen and oxygen atoms in total. The number of carbonyl (C=O) groups excluding carboxylic acids is 1. The summed E-state index contributed by atoms with van der Waals surface area (Å²) in [4.78, 5) is 25.6. The third kappa shape index (κ3) is 4.96. The third-order valence-electron chi connectivity index (χ3n) is 7.47. The second-order valence-electron chi connectivity index (χ2n) is 9.84. The van der Waals surface area contributed by atoms with Gasteiger partial charge in [-0.05, 0) is 62.1 Å². The standard InChI is InChI=1S/C30H37N7O/c1-5-18-36-30(38)26(7-3)29(37(36)27-15-10-23-9-8-22(6-2)28(23)34-27)33-21(4)32-24-11-13-25(14-12-24)35-19-16-31-17-20-35/h5,7,10-15,22,31-32H,1,4,6,8-9,16-20H2,2-3H3/b26-7+,33-29+. The van der Waals surface area contributed by atoms with Crippen molar-refractivity contribution in [2.45, 2.75) is 39.0 Å². The van der Waals surface area contributed by atoms with E-state index >= 15 is 0 Å². The third-order valence-corrected chi connectivity index (χ3v) is 7.47. The van der Waals surface area contributed by atoms with Crippen LogP contribution < -0.4 is 20.5 Å². The molecule has 2 aromatic rings. The summed E-state index contributed by atoms with van der Waals surface area (Å²) in [7, 11) is 0. The van der Waals surface area contributed by atoms with Gasteiger partial charge in [-0.15, -0.1) is 6.58 Å². The van der Waals surface area contributed by atoms with Crippen LogP contribution in [0.2, 0.25) is 0 Å². The summed E-state index contributed by atoms with van der Waals surface area (Å²) < 4.78 is 0. The van der Waals surface area contributed by atoms with Crippen LogP contribution in [0.5, 0.6) is 0 Å². The number of pyridine rings is 1. The summed E-state index contributed by atoms with van der Waals surface area (Å²) in [5.41, 5.74) is 5.02. The van der Waals surface area contributed by atoms with Gasteiger partial charge in [-0.3, -0.25) is 4.79 Å². The highest BCUT2D eigenvalue weighted by Gasteiger charge is 2.40. The van der Waals surface area contributed by atoms with Gasteiger partial charge in [0.05, 0.1) is 12.1 Å². The maximum absolute atomic E-state index is 13.4. The number of benzene rings is 1. The number of allylic oxidation sites excluding steroid dienone is 1. The maximum atomic E-state index is 13.4. The van der Waals surface area contributed by atoms with E-state index in [1.165, 1.54) is 11.3 Å². The molecule has 3 heterocycles. The highest BCUT2D eigenvalue weighted by atomic mass is 16.2. The Kier molecular flexibility index (Phi) is 7.60. The zero-order valence-electron chi connectivity index (χ0n) is 22.4. The fraction of sp³-hybridized carbons (Fsp3) is 0.367. The molecule has 1 amide bonds. The van der Waals surface area contributed by atoms with E-state index in [4.69, 9.17) is 9.98 Å². The molecule has 2 aliphatic heterocycles. The van der Waals surface area contributed by atoms with E-state index in [0.29, 0.717) is 35.5 Å². The quantitative estimate of drug-likeness (QED) is 0.398. The number of hydrazine groups is 1. The van der Waals surface area contributed by atoms with Crippen molar-refractivity contribution in [2.24, 2.45) is 4.99 Å². The molecule has 0 spiro atoms. The molecule has 8 heteroatoms. The van der Waals surface area contributed by atoms with Crippen LogP contribution in [0, 0.1) is 0 Å². The molecule has 1 atom stereocenters. The number of anilines is 3. The number of carbonyl (C=O) groups is 1. The average molecular weight is 512 g/mol. The zero-order chi connectivity index (χ0) is 26.6. The number of nitrogens with zero attached hydrogens (tertiary/aromatic N) is 5. The molecule has 2 fully saturated rings. The van der Waals surface area contributed by atoms with Crippen molar-refractivity contribution in [3.63, 3.8) is 0 Å². The molecule has 3 aliphatic rings. The van der Waals surface area contributed by atoms with E-state index < -0.39 is 0 Å². The Labute approximate surface area is 225 Å². The Balaban J connectivity index is 1.43. The molecule has 0 radical (unpaired) electrons. The average Bonchev–Trinajstić information content (AvgIpc) is 3.47.